The van der Waals surface area contributed by atoms with Gasteiger partial charge < -0.3 is 10.6 Å². The molecule has 94 valence electrons. The molecular formula is C12H16N6. The molecule has 1 aliphatic heterocycles. The summed E-state index contributed by atoms with van der Waals surface area (Å²) in [5.41, 5.74) is 9.20. The van der Waals surface area contributed by atoms with Crippen LogP contribution in [0.2, 0.25) is 0 Å². The molecule has 18 heavy (non-hydrogen) atoms. The zero-order valence-electron chi connectivity index (χ0n) is 10.4. The summed E-state index contributed by atoms with van der Waals surface area (Å²) < 4.78 is 0. The van der Waals surface area contributed by atoms with Crippen LogP contribution < -0.4 is 10.6 Å². The Balaban J connectivity index is 1.87. The summed E-state index contributed by atoms with van der Waals surface area (Å²) in [6.07, 6.45) is 2.22. The molecule has 2 aromatic rings. The second-order valence-electron chi connectivity index (χ2n) is 4.61. The average molecular weight is 244 g/mol. The predicted molar refractivity (Wildman–Crippen MR) is 69.0 cm³/mol. The number of tetrazole rings is 1. The molecule has 0 saturated heterocycles. The first kappa shape index (κ1) is 11.0. The topological polar surface area (TPSA) is 72.9 Å². The normalized spacial score (nSPS) is 14.6. The Bertz CT molecular complexity index is 561. The van der Waals surface area contributed by atoms with Crippen molar-refractivity contribution >= 4 is 11.4 Å². The maximum atomic E-state index is 5.83. The lowest BCUT2D eigenvalue weighted by atomic mass is 10.0. The van der Waals surface area contributed by atoms with E-state index in [1.165, 1.54) is 16.0 Å². The Kier molecular flexibility index (Phi) is 2.62. The maximum Gasteiger partial charge on any atom is 0.193 e. The fraction of sp³-hybridized carbons (Fsp3) is 0.417. The first-order chi connectivity index (χ1) is 8.72. The van der Waals surface area contributed by atoms with Crippen molar-refractivity contribution in [1.82, 2.24) is 20.2 Å². The van der Waals surface area contributed by atoms with Gasteiger partial charge in [-0.2, -0.15) is 4.80 Å². The van der Waals surface area contributed by atoms with Gasteiger partial charge in [0.05, 0.1) is 13.6 Å². The second-order valence-corrected chi connectivity index (χ2v) is 4.61. The monoisotopic (exact) mass is 244 g/mol. The summed E-state index contributed by atoms with van der Waals surface area (Å²) in [6, 6.07) is 6.09. The van der Waals surface area contributed by atoms with Gasteiger partial charge in [-0.05, 0) is 41.8 Å². The Labute approximate surface area is 105 Å². The third kappa shape index (κ3) is 2.01. The Morgan fingerprint density at radius 3 is 3.06 bits per heavy atom. The third-order valence-corrected chi connectivity index (χ3v) is 3.20. The van der Waals surface area contributed by atoms with E-state index in [1.54, 1.807) is 7.05 Å². The maximum absolute atomic E-state index is 5.83. The molecule has 0 aliphatic carbocycles. The number of fused-ring (bicyclic) bond motifs is 1. The molecule has 0 bridgehead atoms. The van der Waals surface area contributed by atoms with E-state index in [2.05, 4.69) is 32.4 Å². The fourth-order valence-electron chi connectivity index (χ4n) is 2.42. The van der Waals surface area contributed by atoms with Crippen LogP contribution in [0.5, 0.6) is 0 Å². The Morgan fingerprint density at radius 1 is 1.39 bits per heavy atom. The molecule has 1 aromatic carbocycles. The highest BCUT2D eigenvalue weighted by Gasteiger charge is 2.18. The van der Waals surface area contributed by atoms with Crippen LogP contribution in [0.25, 0.3) is 0 Å². The predicted octanol–water partition coefficient (Wildman–Crippen LogP) is 0.745. The van der Waals surface area contributed by atoms with E-state index in [4.69, 9.17) is 5.73 Å². The summed E-state index contributed by atoms with van der Waals surface area (Å²) in [5, 5.41) is 12.1. The Morgan fingerprint density at radius 2 is 2.28 bits per heavy atom. The SMILES string of the molecule is Cn1nnc(CN2CCCc3cc(N)ccc32)n1. The van der Waals surface area contributed by atoms with Crippen LogP contribution in [0.3, 0.4) is 0 Å². The first-order valence-corrected chi connectivity index (χ1v) is 6.08. The number of rotatable bonds is 2. The van der Waals surface area contributed by atoms with Crippen LogP contribution in [0.4, 0.5) is 11.4 Å². The molecule has 0 fully saturated rings. The fourth-order valence-corrected chi connectivity index (χ4v) is 2.42. The van der Waals surface area contributed by atoms with Gasteiger partial charge in [-0.3, -0.25) is 0 Å². The van der Waals surface area contributed by atoms with Crippen LogP contribution in [-0.2, 0) is 20.0 Å². The number of anilines is 2. The minimum atomic E-state index is 0.699. The second kappa shape index (κ2) is 4.29. The third-order valence-electron chi connectivity index (χ3n) is 3.20. The lowest BCUT2D eigenvalue weighted by Crippen LogP contribution is -2.29. The van der Waals surface area contributed by atoms with E-state index in [9.17, 15) is 0 Å². The van der Waals surface area contributed by atoms with Gasteiger partial charge >= 0.3 is 0 Å². The summed E-state index contributed by atoms with van der Waals surface area (Å²) in [7, 11) is 1.78. The summed E-state index contributed by atoms with van der Waals surface area (Å²) in [4.78, 5) is 3.78. The number of benzene rings is 1. The van der Waals surface area contributed by atoms with Gasteiger partial charge in [0.25, 0.3) is 0 Å². The van der Waals surface area contributed by atoms with E-state index < -0.39 is 0 Å². The van der Waals surface area contributed by atoms with Gasteiger partial charge in [-0.1, -0.05) is 0 Å². The standard InChI is InChI=1S/C12H16N6/c1-17-15-12(14-16-17)8-18-6-2-3-9-7-10(13)4-5-11(9)18/h4-5,7H,2-3,6,8,13H2,1H3. The van der Waals surface area contributed by atoms with Crippen LogP contribution in [0.15, 0.2) is 18.2 Å². The number of hydrogen-bond donors (Lipinski definition) is 1. The molecule has 0 spiro atoms. The molecule has 0 unspecified atom stereocenters. The highest BCUT2D eigenvalue weighted by atomic mass is 15.6. The zero-order valence-corrected chi connectivity index (χ0v) is 10.4. The molecule has 2 heterocycles. The van der Waals surface area contributed by atoms with E-state index in [-0.39, 0.29) is 0 Å². The lowest BCUT2D eigenvalue weighted by molar-refractivity contribution is 0.624. The van der Waals surface area contributed by atoms with Crippen molar-refractivity contribution in [3.63, 3.8) is 0 Å². The van der Waals surface area contributed by atoms with Gasteiger partial charge in [-0.25, -0.2) is 0 Å². The number of nitrogens with two attached hydrogens (primary N) is 1. The summed E-state index contributed by atoms with van der Waals surface area (Å²) >= 11 is 0. The molecular weight excluding hydrogens is 228 g/mol. The molecule has 0 amide bonds. The van der Waals surface area contributed by atoms with Crippen molar-refractivity contribution in [2.45, 2.75) is 19.4 Å². The number of aromatic nitrogens is 4. The molecule has 1 aliphatic rings. The van der Waals surface area contributed by atoms with Crippen LogP contribution in [0, 0.1) is 0 Å². The summed E-state index contributed by atoms with van der Waals surface area (Å²) in [6.45, 7) is 1.72. The first-order valence-electron chi connectivity index (χ1n) is 6.08. The van der Waals surface area contributed by atoms with Gasteiger partial charge in [0, 0.05) is 17.9 Å². The summed E-state index contributed by atoms with van der Waals surface area (Å²) in [5.74, 6) is 0.752. The molecule has 6 nitrogen and oxygen atoms in total. The molecule has 0 radical (unpaired) electrons. The largest absolute Gasteiger partial charge is 0.399 e. The van der Waals surface area contributed by atoms with E-state index in [0.717, 1.165) is 30.9 Å². The average Bonchev–Trinajstić information content (AvgIpc) is 2.75. The zero-order chi connectivity index (χ0) is 12.5. The van der Waals surface area contributed by atoms with Gasteiger partial charge in [0.1, 0.15) is 0 Å². The Hall–Kier alpha value is -2.11. The van der Waals surface area contributed by atoms with Crippen molar-refractivity contribution < 1.29 is 0 Å². The number of aryl methyl sites for hydroxylation is 2. The van der Waals surface area contributed by atoms with Crippen molar-refractivity contribution in [3.8, 4) is 0 Å². The van der Waals surface area contributed by atoms with Crippen molar-refractivity contribution in [1.29, 1.82) is 0 Å². The number of nitrogen functional groups attached to an aromatic ring is 1. The van der Waals surface area contributed by atoms with Gasteiger partial charge in [0.15, 0.2) is 5.82 Å². The molecule has 1 aromatic heterocycles. The van der Waals surface area contributed by atoms with Crippen molar-refractivity contribution in [2.75, 3.05) is 17.2 Å². The highest BCUT2D eigenvalue weighted by molar-refractivity contribution is 5.61. The van der Waals surface area contributed by atoms with E-state index in [0.29, 0.717) is 6.54 Å². The van der Waals surface area contributed by atoms with Crippen molar-refractivity contribution in [2.24, 2.45) is 7.05 Å². The molecule has 2 N–H and O–H groups in total. The van der Waals surface area contributed by atoms with Crippen LogP contribution in [0.1, 0.15) is 17.8 Å². The van der Waals surface area contributed by atoms with E-state index >= 15 is 0 Å². The quantitative estimate of drug-likeness (QED) is 0.789. The smallest absolute Gasteiger partial charge is 0.193 e. The lowest BCUT2D eigenvalue weighted by Gasteiger charge is -2.30. The highest BCUT2D eigenvalue weighted by Crippen LogP contribution is 2.29. The van der Waals surface area contributed by atoms with Crippen molar-refractivity contribution in [3.05, 3.63) is 29.6 Å². The molecule has 0 atom stereocenters. The minimum absolute atomic E-state index is 0.699. The van der Waals surface area contributed by atoms with Crippen LogP contribution >= 0.6 is 0 Å². The minimum Gasteiger partial charge on any atom is -0.399 e. The number of hydrogen-bond acceptors (Lipinski definition) is 5. The molecule has 6 heteroatoms. The number of nitrogens with zero attached hydrogens (tertiary/aromatic N) is 5. The van der Waals surface area contributed by atoms with Crippen LogP contribution in [-0.4, -0.2) is 26.8 Å². The molecule has 3 rings (SSSR count). The van der Waals surface area contributed by atoms with Gasteiger partial charge in [-0.15, -0.1) is 10.2 Å². The molecule has 0 saturated carbocycles. The van der Waals surface area contributed by atoms with Gasteiger partial charge in [0.2, 0.25) is 0 Å². The van der Waals surface area contributed by atoms with E-state index in [1.807, 2.05) is 6.07 Å².